The average molecular weight is 260 g/mol. The first-order valence-electron chi connectivity index (χ1n) is 6.62. The Morgan fingerprint density at radius 1 is 1.11 bits per heavy atom. The maximum Gasteiger partial charge on any atom is 0.305 e. The third kappa shape index (κ3) is 10.1. The quantitative estimate of drug-likeness (QED) is 0.439. The van der Waals surface area contributed by atoms with Crippen LogP contribution in [0.2, 0.25) is 0 Å². The third-order valence-corrected chi connectivity index (χ3v) is 2.71. The second-order valence-corrected chi connectivity index (χ2v) is 4.35. The van der Waals surface area contributed by atoms with Crippen LogP contribution in [0.15, 0.2) is 0 Å². The Bertz CT molecular complexity index is 240. The highest BCUT2D eigenvalue weighted by Gasteiger charge is 2.11. The number of aliphatic carboxylic acids is 1. The molecule has 0 rings (SSSR count). The molecule has 5 nitrogen and oxygen atoms in total. The zero-order valence-corrected chi connectivity index (χ0v) is 11.1. The summed E-state index contributed by atoms with van der Waals surface area (Å²) < 4.78 is 5.04. The number of carboxylic acid groups (broad SMARTS) is 1. The lowest BCUT2D eigenvalue weighted by atomic mass is 10.1. The summed E-state index contributed by atoms with van der Waals surface area (Å²) in [6.07, 6.45) is 5.29. The van der Waals surface area contributed by atoms with Crippen LogP contribution in [0, 0.1) is 0 Å². The Morgan fingerprint density at radius 2 is 1.72 bits per heavy atom. The summed E-state index contributed by atoms with van der Waals surface area (Å²) >= 11 is 0. The van der Waals surface area contributed by atoms with Gasteiger partial charge in [-0.15, -0.1) is 0 Å². The maximum atomic E-state index is 11.0. The molecule has 0 aliphatic heterocycles. The van der Waals surface area contributed by atoms with Crippen molar-refractivity contribution >= 4 is 11.9 Å². The van der Waals surface area contributed by atoms with E-state index >= 15 is 0 Å². The first kappa shape index (κ1) is 16.9. The van der Waals surface area contributed by atoms with Crippen molar-refractivity contribution in [2.45, 2.75) is 64.4 Å². The summed E-state index contributed by atoms with van der Waals surface area (Å²) in [5.41, 5.74) is 0. The lowest BCUT2D eigenvalue weighted by Gasteiger charge is -2.14. The van der Waals surface area contributed by atoms with Crippen molar-refractivity contribution in [3.63, 3.8) is 0 Å². The fourth-order valence-corrected chi connectivity index (χ4v) is 1.64. The summed E-state index contributed by atoms with van der Waals surface area (Å²) in [5.74, 6) is -1.03. The fourth-order valence-electron chi connectivity index (χ4n) is 1.64. The van der Waals surface area contributed by atoms with Gasteiger partial charge in [0.15, 0.2) is 0 Å². The molecule has 0 aromatic carbocycles. The maximum absolute atomic E-state index is 11.0. The third-order valence-electron chi connectivity index (χ3n) is 2.71. The molecule has 0 fully saturated rings. The van der Waals surface area contributed by atoms with Gasteiger partial charge in [0.2, 0.25) is 0 Å². The first-order valence-corrected chi connectivity index (χ1v) is 6.62. The number of carbonyl (C=O) groups excluding carboxylic acids is 1. The predicted molar refractivity (Wildman–Crippen MR) is 67.2 cm³/mol. The highest BCUT2D eigenvalue weighted by molar-refractivity contribution is 5.69. The number of rotatable bonds is 11. The molecule has 5 heteroatoms. The van der Waals surface area contributed by atoms with Crippen LogP contribution in [0.5, 0.6) is 0 Å². The van der Waals surface area contributed by atoms with Gasteiger partial charge in [-0.05, 0) is 19.3 Å². The summed E-state index contributed by atoms with van der Waals surface area (Å²) in [5, 5.41) is 17.5. The molecule has 0 radical (unpaired) electrons. The molecule has 2 N–H and O–H groups in total. The molecule has 1 atom stereocenters. The van der Waals surface area contributed by atoms with Crippen molar-refractivity contribution in [2.75, 3.05) is 6.61 Å². The zero-order valence-electron chi connectivity index (χ0n) is 11.1. The Labute approximate surface area is 108 Å². The molecule has 106 valence electrons. The Hall–Kier alpha value is -1.10. The molecule has 0 spiro atoms. The fraction of sp³-hybridized carbons (Fsp3) is 0.846. The molecule has 0 heterocycles. The van der Waals surface area contributed by atoms with Gasteiger partial charge in [-0.3, -0.25) is 9.59 Å². The normalized spacial score (nSPS) is 12.1. The predicted octanol–water partition coefficient (Wildman–Crippen LogP) is 2.12. The molecule has 0 aromatic heterocycles. The second kappa shape index (κ2) is 11.0. The summed E-state index contributed by atoms with van der Waals surface area (Å²) in [4.78, 5) is 21.3. The molecule has 0 saturated heterocycles. The van der Waals surface area contributed by atoms with E-state index in [4.69, 9.17) is 14.9 Å². The number of aliphatic hydroxyl groups excluding tert-OH is 1. The van der Waals surface area contributed by atoms with E-state index < -0.39 is 12.1 Å². The molecule has 18 heavy (non-hydrogen) atoms. The Morgan fingerprint density at radius 3 is 2.28 bits per heavy atom. The van der Waals surface area contributed by atoms with Gasteiger partial charge in [-0.2, -0.15) is 0 Å². The van der Waals surface area contributed by atoms with Gasteiger partial charge < -0.3 is 14.9 Å². The number of hydrogen-bond acceptors (Lipinski definition) is 4. The number of ether oxygens (including phenoxy) is 1. The SMILES string of the molecule is CCC(=O)OC(CO)CCCCCCCC(=O)O. The number of hydrogen-bond donors (Lipinski definition) is 2. The van der Waals surface area contributed by atoms with Crippen LogP contribution < -0.4 is 0 Å². The summed E-state index contributed by atoms with van der Waals surface area (Å²) in [7, 11) is 0. The molecular formula is C13H24O5. The molecule has 1 unspecified atom stereocenters. The van der Waals surface area contributed by atoms with Gasteiger partial charge in [0.25, 0.3) is 0 Å². The van der Waals surface area contributed by atoms with E-state index in [0.29, 0.717) is 19.3 Å². The topological polar surface area (TPSA) is 83.8 Å². The number of aliphatic hydroxyl groups is 1. The van der Waals surface area contributed by atoms with Gasteiger partial charge in [0.05, 0.1) is 6.61 Å². The zero-order chi connectivity index (χ0) is 13.8. The molecular weight excluding hydrogens is 236 g/mol. The number of unbranched alkanes of at least 4 members (excludes halogenated alkanes) is 4. The van der Waals surface area contributed by atoms with E-state index in [1.54, 1.807) is 6.92 Å². The Kier molecular flexibility index (Phi) is 10.3. The largest absolute Gasteiger partial charge is 0.481 e. The smallest absolute Gasteiger partial charge is 0.305 e. The van der Waals surface area contributed by atoms with Crippen molar-refractivity contribution < 1.29 is 24.5 Å². The van der Waals surface area contributed by atoms with E-state index in [1.807, 2.05) is 0 Å². The van der Waals surface area contributed by atoms with Gasteiger partial charge in [0.1, 0.15) is 6.10 Å². The van der Waals surface area contributed by atoms with Gasteiger partial charge in [0, 0.05) is 12.8 Å². The molecule has 0 aliphatic carbocycles. The number of carbonyl (C=O) groups is 2. The van der Waals surface area contributed by atoms with Crippen LogP contribution in [-0.2, 0) is 14.3 Å². The van der Waals surface area contributed by atoms with E-state index in [1.165, 1.54) is 0 Å². The van der Waals surface area contributed by atoms with Crippen LogP contribution in [0.4, 0.5) is 0 Å². The lowest BCUT2D eigenvalue weighted by molar-refractivity contribution is -0.151. The molecule has 0 aromatic rings. The minimum atomic E-state index is -0.748. The van der Waals surface area contributed by atoms with Gasteiger partial charge >= 0.3 is 11.9 Å². The molecule has 0 bridgehead atoms. The van der Waals surface area contributed by atoms with Crippen molar-refractivity contribution in [3.05, 3.63) is 0 Å². The standard InChI is InChI=1S/C13H24O5/c1-2-13(17)18-11(10-14)8-6-4-3-5-7-9-12(15)16/h11,14H,2-10H2,1H3,(H,15,16). The monoisotopic (exact) mass is 260 g/mol. The highest BCUT2D eigenvalue weighted by atomic mass is 16.5. The summed E-state index contributed by atoms with van der Waals surface area (Å²) in [6, 6.07) is 0. The molecule has 0 aliphatic rings. The van der Waals surface area contributed by atoms with E-state index in [2.05, 4.69) is 0 Å². The van der Waals surface area contributed by atoms with Gasteiger partial charge in [-0.1, -0.05) is 26.2 Å². The lowest BCUT2D eigenvalue weighted by Crippen LogP contribution is -2.21. The van der Waals surface area contributed by atoms with Crippen LogP contribution in [-0.4, -0.2) is 34.9 Å². The van der Waals surface area contributed by atoms with Crippen LogP contribution in [0.25, 0.3) is 0 Å². The second-order valence-electron chi connectivity index (χ2n) is 4.35. The minimum absolute atomic E-state index is 0.134. The highest BCUT2D eigenvalue weighted by Crippen LogP contribution is 2.11. The van der Waals surface area contributed by atoms with Crippen LogP contribution in [0.1, 0.15) is 58.3 Å². The number of carboxylic acids is 1. The molecule has 0 saturated carbocycles. The van der Waals surface area contributed by atoms with Gasteiger partial charge in [-0.25, -0.2) is 0 Å². The van der Waals surface area contributed by atoms with Crippen molar-refractivity contribution in [2.24, 2.45) is 0 Å². The van der Waals surface area contributed by atoms with Crippen LogP contribution in [0.3, 0.4) is 0 Å². The van der Waals surface area contributed by atoms with Crippen molar-refractivity contribution in [1.29, 1.82) is 0 Å². The molecule has 0 amide bonds. The van der Waals surface area contributed by atoms with E-state index in [-0.39, 0.29) is 19.0 Å². The average Bonchev–Trinajstić information content (AvgIpc) is 2.35. The van der Waals surface area contributed by atoms with Crippen molar-refractivity contribution in [1.82, 2.24) is 0 Å². The number of esters is 1. The summed E-state index contributed by atoms with van der Waals surface area (Å²) in [6.45, 7) is 1.59. The minimum Gasteiger partial charge on any atom is -0.481 e. The Balaban J connectivity index is 3.45. The van der Waals surface area contributed by atoms with E-state index in [0.717, 1.165) is 25.7 Å². The first-order chi connectivity index (χ1) is 8.60. The van der Waals surface area contributed by atoms with Crippen molar-refractivity contribution in [3.8, 4) is 0 Å². The van der Waals surface area contributed by atoms with E-state index in [9.17, 15) is 9.59 Å². The van der Waals surface area contributed by atoms with Crippen LogP contribution >= 0.6 is 0 Å².